The van der Waals surface area contributed by atoms with E-state index in [2.05, 4.69) is 186 Å². The predicted molar refractivity (Wildman–Crippen MR) is 333 cm³/mol. The van der Waals surface area contributed by atoms with Crippen LogP contribution in [0.25, 0.3) is 117 Å². The highest BCUT2D eigenvalue weighted by Crippen LogP contribution is 2.53. The van der Waals surface area contributed by atoms with Gasteiger partial charge in [-0.25, -0.2) is 0 Å². The molecule has 0 fully saturated rings. The third-order valence-electron chi connectivity index (χ3n) is 15.4. The Labute approximate surface area is 475 Å². The Hall–Kier alpha value is -11.8. The summed E-state index contributed by atoms with van der Waals surface area (Å²) in [5.41, 5.74) is 20.3. The van der Waals surface area contributed by atoms with Crippen LogP contribution in [0.5, 0.6) is 0 Å². The molecule has 0 bridgehead atoms. The molecule has 0 radical (unpaired) electrons. The van der Waals surface area contributed by atoms with Gasteiger partial charge in [0, 0.05) is 38.7 Å². The minimum Gasteiger partial charge on any atom is -0.354 e. The Morgan fingerprint density at radius 2 is 0.646 bits per heavy atom. The van der Waals surface area contributed by atoms with E-state index in [9.17, 15) is 21.0 Å². The number of aromatic nitrogens is 1. The van der Waals surface area contributed by atoms with Crippen LogP contribution in [0.3, 0.4) is 0 Å². The molecule has 6 nitrogen and oxygen atoms in total. The van der Waals surface area contributed by atoms with Crippen molar-refractivity contribution >= 4 is 33.2 Å². The molecule has 0 amide bonds. The quantitative estimate of drug-likeness (QED) is 0.139. The van der Waals surface area contributed by atoms with Crippen LogP contribution in [0.1, 0.15) is 22.3 Å². The maximum absolute atomic E-state index is 12.2. The molecule has 0 aliphatic carbocycles. The molecule has 12 aromatic carbocycles. The first-order valence-corrected chi connectivity index (χ1v) is 27.0. The molecule has 82 heavy (non-hydrogen) atoms. The second-order valence-corrected chi connectivity index (χ2v) is 20.1. The van der Waals surface area contributed by atoms with Crippen LogP contribution in [0, 0.1) is 45.3 Å². The molecule has 13 aromatic rings. The molecule has 380 valence electrons. The summed E-state index contributed by atoms with van der Waals surface area (Å²) in [6, 6.07) is 102. The first kappa shape index (κ1) is 49.8. The third-order valence-corrected chi connectivity index (χ3v) is 15.4. The lowest BCUT2D eigenvalue weighted by molar-refractivity contribution is 1.18. The fourth-order valence-corrected chi connectivity index (χ4v) is 11.4. The molecule has 0 atom stereocenters. The summed E-state index contributed by atoms with van der Waals surface area (Å²) in [4.78, 5) is 0. The van der Waals surface area contributed by atoms with Crippen LogP contribution in [-0.2, 0) is 0 Å². The highest BCUT2D eigenvalue weighted by Gasteiger charge is 2.31. The summed E-state index contributed by atoms with van der Waals surface area (Å²) < 4.78 is 2.30. The number of nitrogens with zero attached hydrogens (tertiary/aromatic N) is 5. The number of benzene rings is 12. The highest BCUT2D eigenvalue weighted by molar-refractivity contribution is 6.15. The van der Waals surface area contributed by atoms with Gasteiger partial charge < -0.3 is 9.88 Å². The first-order valence-electron chi connectivity index (χ1n) is 27.0. The van der Waals surface area contributed by atoms with Gasteiger partial charge in [-0.15, -0.1) is 0 Å². The van der Waals surface area contributed by atoms with Crippen molar-refractivity contribution in [2.45, 2.75) is 0 Å². The minimum atomic E-state index is 0.370. The molecule has 0 unspecified atom stereocenters. The molecule has 1 N–H and O–H groups in total. The molecule has 1 aromatic heterocycles. The fourth-order valence-electron chi connectivity index (χ4n) is 11.4. The lowest BCUT2D eigenvalue weighted by Gasteiger charge is -2.28. The van der Waals surface area contributed by atoms with E-state index >= 15 is 0 Å². The Balaban J connectivity index is 1.20. The van der Waals surface area contributed by atoms with E-state index in [4.69, 9.17) is 0 Å². The van der Waals surface area contributed by atoms with E-state index < -0.39 is 0 Å². The van der Waals surface area contributed by atoms with Gasteiger partial charge in [0.2, 0.25) is 0 Å². The molecular weight excluding hydrogens is 997 g/mol. The Kier molecular flexibility index (Phi) is 13.1. The van der Waals surface area contributed by atoms with Crippen molar-refractivity contribution < 1.29 is 0 Å². The van der Waals surface area contributed by atoms with E-state index in [1.807, 2.05) is 97.1 Å². The lowest BCUT2D eigenvalue weighted by atomic mass is 9.83. The summed E-state index contributed by atoms with van der Waals surface area (Å²) >= 11 is 0. The summed E-state index contributed by atoms with van der Waals surface area (Å²) in [6.45, 7) is 0. The smallest absolute Gasteiger partial charge is 0.101 e. The fraction of sp³-hybridized carbons (Fsp3) is 0. The van der Waals surface area contributed by atoms with Crippen LogP contribution in [-0.4, -0.2) is 4.57 Å². The average molecular weight is 1040 g/mol. The second kappa shape index (κ2) is 21.6. The molecular formula is C76H46N6. The average Bonchev–Trinajstić information content (AvgIpc) is 2.04. The lowest BCUT2D eigenvalue weighted by Crippen LogP contribution is -2.09. The van der Waals surface area contributed by atoms with Gasteiger partial charge >= 0.3 is 0 Å². The van der Waals surface area contributed by atoms with Gasteiger partial charge in [-0.1, -0.05) is 194 Å². The standard InChI is InChI=1S/C76H46N6/c77-46-50-24-30-57(31-25-50)72-68(49-80)73(58-32-26-51(47-78)27-33-58)76(82-70-40-37-62(55-18-9-3-10-19-55)44-66(70)67-45-63(38-41-71(67)82)56-20-11-4-12-21-56)74(59-34-28-52(48-79)29-35-59)75(72)81-69-39-36-61(54-16-7-2-8-17-54)43-65(69)64-23-13-22-60(42-64)53-14-5-1-6-15-53/h1-45,81H. The number of hydrogen-bond acceptors (Lipinski definition) is 5. The number of hydrogen-bond donors (Lipinski definition) is 1. The molecule has 6 heteroatoms. The Morgan fingerprint density at radius 1 is 0.280 bits per heavy atom. The van der Waals surface area contributed by atoms with Crippen molar-refractivity contribution in [1.82, 2.24) is 4.57 Å². The molecule has 0 aliphatic heterocycles. The van der Waals surface area contributed by atoms with Crippen molar-refractivity contribution in [3.05, 3.63) is 295 Å². The van der Waals surface area contributed by atoms with E-state index in [0.29, 0.717) is 55.9 Å². The summed E-state index contributed by atoms with van der Waals surface area (Å²) in [6.07, 6.45) is 0. The zero-order valence-corrected chi connectivity index (χ0v) is 44.2. The number of nitriles is 4. The molecule has 1 heterocycles. The number of rotatable bonds is 11. The molecule has 0 spiro atoms. The van der Waals surface area contributed by atoms with Crippen molar-refractivity contribution in [3.8, 4) is 119 Å². The minimum absolute atomic E-state index is 0.370. The van der Waals surface area contributed by atoms with E-state index in [0.717, 1.165) is 94.3 Å². The summed E-state index contributed by atoms with van der Waals surface area (Å²) in [5, 5.41) is 49.0. The Morgan fingerprint density at radius 3 is 1.09 bits per heavy atom. The molecule has 0 saturated heterocycles. The van der Waals surface area contributed by atoms with Crippen molar-refractivity contribution in [2.24, 2.45) is 0 Å². The number of anilines is 2. The van der Waals surface area contributed by atoms with Gasteiger partial charge in [-0.05, 0) is 146 Å². The Bertz CT molecular complexity index is 4650. The number of nitrogens with one attached hydrogen (secondary N) is 1. The van der Waals surface area contributed by atoms with Gasteiger partial charge in [-0.3, -0.25) is 0 Å². The maximum atomic E-state index is 12.2. The van der Waals surface area contributed by atoms with Gasteiger partial charge in [-0.2, -0.15) is 21.0 Å². The zero-order valence-electron chi connectivity index (χ0n) is 44.2. The maximum Gasteiger partial charge on any atom is 0.101 e. The van der Waals surface area contributed by atoms with Crippen molar-refractivity contribution in [2.75, 3.05) is 5.32 Å². The van der Waals surface area contributed by atoms with Crippen LogP contribution >= 0.6 is 0 Å². The topological polar surface area (TPSA) is 112 Å². The van der Waals surface area contributed by atoms with Crippen LogP contribution < -0.4 is 5.32 Å². The largest absolute Gasteiger partial charge is 0.354 e. The van der Waals surface area contributed by atoms with E-state index in [1.54, 1.807) is 24.3 Å². The summed E-state index contributed by atoms with van der Waals surface area (Å²) in [5.74, 6) is 0. The van der Waals surface area contributed by atoms with Crippen LogP contribution in [0.2, 0.25) is 0 Å². The first-order chi connectivity index (χ1) is 40.5. The number of fused-ring (bicyclic) bond motifs is 3. The second-order valence-electron chi connectivity index (χ2n) is 20.1. The van der Waals surface area contributed by atoms with E-state index in [-0.39, 0.29) is 0 Å². The SMILES string of the molecule is N#Cc1ccc(-c2c(C#N)c(-c3ccc(C#N)cc3)c(-n3c4ccc(-c5ccccc5)cc4c4cc(-c5ccccc5)ccc43)c(-c3ccc(C#N)cc3)c2Nc2ccc(-c3ccccc3)cc2-c2cccc(-c3ccccc3)c2)cc1. The van der Waals surface area contributed by atoms with Crippen molar-refractivity contribution in [3.63, 3.8) is 0 Å². The van der Waals surface area contributed by atoms with Gasteiger partial charge in [0.15, 0.2) is 0 Å². The normalized spacial score (nSPS) is 10.9. The van der Waals surface area contributed by atoms with E-state index in [1.165, 1.54) is 0 Å². The molecule has 0 aliphatic rings. The summed E-state index contributed by atoms with van der Waals surface area (Å²) in [7, 11) is 0. The highest BCUT2D eigenvalue weighted by atomic mass is 15.0. The van der Waals surface area contributed by atoms with Gasteiger partial charge in [0.05, 0.1) is 62.9 Å². The zero-order chi connectivity index (χ0) is 55.5. The molecule has 13 rings (SSSR count). The predicted octanol–water partition coefficient (Wildman–Crippen LogP) is 19.4. The van der Waals surface area contributed by atoms with Crippen molar-refractivity contribution in [1.29, 1.82) is 21.0 Å². The monoisotopic (exact) mass is 1040 g/mol. The third kappa shape index (κ3) is 9.18. The van der Waals surface area contributed by atoms with Gasteiger partial charge in [0.1, 0.15) is 6.07 Å². The molecule has 0 saturated carbocycles. The van der Waals surface area contributed by atoms with Crippen LogP contribution in [0.4, 0.5) is 11.4 Å². The van der Waals surface area contributed by atoms with Gasteiger partial charge in [0.25, 0.3) is 0 Å². The van der Waals surface area contributed by atoms with Crippen LogP contribution in [0.15, 0.2) is 273 Å².